The first-order valence-electron chi connectivity index (χ1n) is 20.9. The second-order valence-electron chi connectivity index (χ2n) is 14.5. The molecule has 0 aliphatic carbocycles. The van der Waals surface area contributed by atoms with Gasteiger partial charge in [0, 0.05) is 43.6 Å². The van der Waals surface area contributed by atoms with Crippen LogP contribution < -0.4 is 10.6 Å². The van der Waals surface area contributed by atoms with Crippen LogP contribution in [0.4, 0.5) is 0 Å². The predicted octanol–water partition coefficient (Wildman–Crippen LogP) is 9.93. The fourth-order valence-electron chi connectivity index (χ4n) is 6.49. The first kappa shape index (κ1) is 44.9. The number of unbranched alkanes of at least 4 members (excludes halogenated alkanes) is 8. The summed E-state index contributed by atoms with van der Waals surface area (Å²) in [6.45, 7) is 2.77. The van der Waals surface area contributed by atoms with Gasteiger partial charge in [0.1, 0.15) is 6.04 Å². The van der Waals surface area contributed by atoms with Crippen LogP contribution in [0.1, 0.15) is 113 Å². The van der Waals surface area contributed by atoms with Gasteiger partial charge in [-0.1, -0.05) is 142 Å². The van der Waals surface area contributed by atoms with Gasteiger partial charge in [-0.3, -0.25) is 14.4 Å². The number of carbonyl (C=O) groups is 4. The number of hydrogen-bond donors (Lipinski definition) is 3. The Balaban J connectivity index is 1.23. The monoisotopic (exact) mass is 788 g/mol. The molecule has 3 amide bonds. The zero-order valence-corrected chi connectivity index (χ0v) is 34.0. The molecule has 3 aromatic carbocycles. The third-order valence-corrected chi connectivity index (χ3v) is 9.77. The topological polar surface area (TPSA) is 142 Å². The van der Waals surface area contributed by atoms with E-state index >= 15 is 0 Å². The minimum absolute atomic E-state index is 0.0542. The largest absolute Gasteiger partial charge is 0.480 e. The van der Waals surface area contributed by atoms with Crippen molar-refractivity contribution in [2.24, 2.45) is 0 Å². The predicted molar refractivity (Wildman–Crippen MR) is 230 cm³/mol. The molecule has 3 N–H and O–H groups in total. The van der Waals surface area contributed by atoms with Crippen LogP contribution >= 0.6 is 0 Å². The Labute approximate surface area is 343 Å². The zero-order valence-electron chi connectivity index (χ0n) is 34.0. The van der Waals surface area contributed by atoms with Crippen LogP contribution in [0.5, 0.6) is 0 Å². The van der Waals surface area contributed by atoms with Crippen molar-refractivity contribution in [3.05, 3.63) is 127 Å². The third kappa shape index (κ3) is 16.4. The minimum Gasteiger partial charge on any atom is -0.480 e. The highest BCUT2D eigenvalue weighted by Gasteiger charge is 2.25. The van der Waals surface area contributed by atoms with Gasteiger partial charge in [-0.25, -0.2) is 9.78 Å². The Morgan fingerprint density at radius 2 is 1.34 bits per heavy atom. The lowest BCUT2D eigenvalue weighted by molar-refractivity contribution is -0.142. The second-order valence-corrected chi connectivity index (χ2v) is 14.5. The molecule has 0 saturated carbocycles. The lowest BCUT2D eigenvalue weighted by Gasteiger charge is -2.24. The lowest BCUT2D eigenvalue weighted by atomic mass is 10.1. The van der Waals surface area contributed by atoms with E-state index < -0.39 is 17.9 Å². The molecule has 10 heteroatoms. The van der Waals surface area contributed by atoms with Crippen molar-refractivity contribution in [2.75, 3.05) is 13.1 Å². The van der Waals surface area contributed by atoms with Gasteiger partial charge < -0.3 is 25.1 Å². The molecule has 4 aromatic rings. The molecule has 10 nitrogen and oxygen atoms in total. The zero-order chi connectivity index (χ0) is 41.2. The number of rotatable bonds is 27. The average molecular weight is 789 g/mol. The molecule has 0 radical (unpaired) electrons. The van der Waals surface area contributed by atoms with E-state index in [4.69, 9.17) is 4.42 Å². The van der Waals surface area contributed by atoms with Crippen molar-refractivity contribution in [3.8, 4) is 22.8 Å². The fourth-order valence-corrected chi connectivity index (χ4v) is 6.49. The van der Waals surface area contributed by atoms with Crippen LogP contribution in [0, 0.1) is 0 Å². The Morgan fingerprint density at radius 1 is 0.741 bits per heavy atom. The number of aromatic nitrogens is 1. The minimum atomic E-state index is -1.19. The van der Waals surface area contributed by atoms with Crippen molar-refractivity contribution in [2.45, 2.75) is 109 Å². The number of nitrogens with one attached hydrogen (secondary N) is 2. The molecule has 0 fully saturated rings. The van der Waals surface area contributed by atoms with Gasteiger partial charge in [0.2, 0.25) is 17.7 Å². The van der Waals surface area contributed by atoms with Crippen LogP contribution in [-0.4, -0.2) is 57.8 Å². The van der Waals surface area contributed by atoms with Crippen molar-refractivity contribution in [1.82, 2.24) is 20.5 Å². The molecule has 0 aliphatic rings. The summed E-state index contributed by atoms with van der Waals surface area (Å²) in [6, 6.07) is 26.9. The van der Waals surface area contributed by atoms with Crippen molar-refractivity contribution in [1.29, 1.82) is 0 Å². The molecular weight excluding hydrogens is 729 g/mol. The third-order valence-electron chi connectivity index (χ3n) is 9.77. The number of carboxylic acid groups (broad SMARTS) is 1. The van der Waals surface area contributed by atoms with Gasteiger partial charge in [-0.2, -0.15) is 0 Å². The number of hydrogen-bond acceptors (Lipinski definition) is 6. The van der Waals surface area contributed by atoms with Gasteiger partial charge in [0.15, 0.2) is 11.5 Å². The number of allylic oxidation sites excluding steroid dienone is 4. The van der Waals surface area contributed by atoms with E-state index in [-0.39, 0.29) is 56.4 Å². The number of aliphatic carboxylic acids is 1. The highest BCUT2D eigenvalue weighted by atomic mass is 16.4. The summed E-state index contributed by atoms with van der Waals surface area (Å²) >= 11 is 0. The van der Waals surface area contributed by atoms with Gasteiger partial charge >= 0.3 is 5.97 Å². The highest BCUT2D eigenvalue weighted by molar-refractivity contribution is 5.98. The molecule has 1 atom stereocenters. The van der Waals surface area contributed by atoms with Gasteiger partial charge in [-0.05, 0) is 62.6 Å². The molecular formula is C48H60N4O6. The molecule has 0 spiro atoms. The lowest BCUT2D eigenvalue weighted by Crippen LogP contribution is -2.42. The highest BCUT2D eigenvalue weighted by Crippen LogP contribution is 2.29. The van der Waals surface area contributed by atoms with E-state index in [0.717, 1.165) is 56.1 Å². The second kappa shape index (κ2) is 26.2. The molecule has 308 valence electrons. The molecule has 0 aliphatic heterocycles. The molecule has 0 bridgehead atoms. The van der Waals surface area contributed by atoms with Crippen LogP contribution in [0.3, 0.4) is 0 Å². The number of amides is 3. The number of oxazole rings is 1. The van der Waals surface area contributed by atoms with Crippen LogP contribution in [0.25, 0.3) is 22.8 Å². The van der Waals surface area contributed by atoms with E-state index in [1.54, 1.807) is 4.90 Å². The summed E-state index contributed by atoms with van der Waals surface area (Å²) in [4.78, 5) is 58.1. The quantitative estimate of drug-likeness (QED) is 0.0403. The number of nitrogens with zero attached hydrogens (tertiary/aromatic N) is 2. The maximum atomic E-state index is 13.6. The summed E-state index contributed by atoms with van der Waals surface area (Å²) < 4.78 is 6.10. The molecule has 0 saturated heterocycles. The summed E-state index contributed by atoms with van der Waals surface area (Å²) in [5.74, 6) is -1.59. The Hall–Kier alpha value is -5.77. The van der Waals surface area contributed by atoms with Gasteiger partial charge in [-0.15, -0.1) is 0 Å². The summed E-state index contributed by atoms with van der Waals surface area (Å²) in [5, 5.41) is 15.4. The molecule has 1 aromatic heterocycles. The SMILES string of the molecule is CCCCC/C=C\C/C=C\CCCCCCCC(=O)NC(CCC(=O)N(CCNC(=O)c1nc(-c2ccccc2)oc1-c1ccccc1)Cc1ccccc1)C(=O)O. The normalized spacial score (nSPS) is 11.8. The molecule has 4 rings (SSSR count). The van der Waals surface area contributed by atoms with Gasteiger partial charge in [0.25, 0.3) is 5.91 Å². The first-order valence-corrected chi connectivity index (χ1v) is 20.9. The molecule has 58 heavy (non-hydrogen) atoms. The Morgan fingerprint density at radius 3 is 2.00 bits per heavy atom. The fraction of sp³-hybridized carbons (Fsp3) is 0.396. The maximum Gasteiger partial charge on any atom is 0.326 e. The first-order chi connectivity index (χ1) is 28.4. The van der Waals surface area contributed by atoms with Crippen LogP contribution in [0.15, 0.2) is 120 Å². The van der Waals surface area contributed by atoms with Crippen LogP contribution in [-0.2, 0) is 20.9 Å². The summed E-state index contributed by atoms with van der Waals surface area (Å²) in [5.41, 5.74) is 2.45. The maximum absolute atomic E-state index is 13.6. The Kier molecular flexibility index (Phi) is 20.3. The van der Waals surface area contributed by atoms with E-state index in [1.165, 1.54) is 19.3 Å². The van der Waals surface area contributed by atoms with E-state index in [1.807, 2.05) is 91.0 Å². The van der Waals surface area contributed by atoms with Crippen molar-refractivity contribution in [3.63, 3.8) is 0 Å². The van der Waals surface area contributed by atoms with Gasteiger partial charge in [0.05, 0.1) is 0 Å². The smallest absolute Gasteiger partial charge is 0.326 e. The van der Waals surface area contributed by atoms with Crippen molar-refractivity contribution >= 4 is 23.7 Å². The number of carbonyl (C=O) groups excluding carboxylic acids is 3. The van der Waals surface area contributed by atoms with E-state index in [2.05, 4.69) is 46.8 Å². The summed E-state index contributed by atoms with van der Waals surface area (Å²) in [7, 11) is 0. The standard InChI is InChI=1S/C48H60N4O6/c1-2-3-4-5-6-7-8-9-10-11-12-13-14-15-25-32-42(53)50-41(48(56)57)33-34-43(54)52(37-38-26-19-16-20-27-38)36-35-49-46(55)44-45(39-28-21-17-22-29-39)58-47(51-44)40-30-23-18-24-31-40/h6-7,9-10,16-24,26-31,41H,2-5,8,11-15,25,32-37H2,1H3,(H,49,55)(H,50,53)(H,56,57)/b7-6-,10-9-. The Bertz CT molecular complexity index is 1870. The van der Waals surface area contributed by atoms with E-state index in [0.29, 0.717) is 23.6 Å². The van der Waals surface area contributed by atoms with Crippen molar-refractivity contribution < 1.29 is 28.7 Å². The molecule has 1 heterocycles. The van der Waals surface area contributed by atoms with E-state index in [9.17, 15) is 24.3 Å². The molecule has 1 unspecified atom stereocenters. The summed E-state index contributed by atoms with van der Waals surface area (Å²) in [6.07, 6.45) is 20.9. The average Bonchev–Trinajstić information content (AvgIpc) is 3.70. The number of benzene rings is 3. The van der Waals surface area contributed by atoms with Crippen LogP contribution in [0.2, 0.25) is 0 Å². The number of carboxylic acids is 1.